The number of ether oxygens (including phenoxy) is 2. The van der Waals surface area contributed by atoms with E-state index in [-0.39, 0.29) is 35.4 Å². The predicted molar refractivity (Wildman–Crippen MR) is 145 cm³/mol. The molecule has 0 aromatic heterocycles. The van der Waals surface area contributed by atoms with Crippen molar-refractivity contribution in [1.29, 1.82) is 0 Å². The highest BCUT2D eigenvalue weighted by atomic mass is 79.9. The van der Waals surface area contributed by atoms with Gasteiger partial charge in [0, 0.05) is 5.56 Å². The Bertz CT molecular complexity index is 1440. The third-order valence-corrected chi connectivity index (χ3v) is 6.77. The fourth-order valence-electron chi connectivity index (χ4n) is 3.39. The van der Waals surface area contributed by atoms with Gasteiger partial charge in [-0.05, 0) is 76.5 Å². The maximum Gasteiger partial charge on any atom is 0.344 e. The maximum atomic E-state index is 13.4. The summed E-state index contributed by atoms with van der Waals surface area (Å²) in [6, 6.07) is 19.9. The van der Waals surface area contributed by atoms with E-state index in [4.69, 9.17) is 9.47 Å². The summed E-state index contributed by atoms with van der Waals surface area (Å²) in [7, 11) is 0. The number of amides is 1. The van der Waals surface area contributed by atoms with Gasteiger partial charge in [0.2, 0.25) is 0 Å². The molecule has 0 fully saturated rings. The molecule has 0 atom stereocenters. The van der Waals surface area contributed by atoms with Crippen molar-refractivity contribution in [3.05, 3.63) is 116 Å². The van der Waals surface area contributed by atoms with Crippen LogP contribution >= 0.6 is 27.7 Å². The van der Waals surface area contributed by atoms with Crippen molar-refractivity contribution < 1.29 is 28.6 Å². The molecular formula is C28H21BrFNO5S. The van der Waals surface area contributed by atoms with Gasteiger partial charge in [-0.1, -0.05) is 48.2 Å². The van der Waals surface area contributed by atoms with Crippen LogP contribution in [0.3, 0.4) is 0 Å². The summed E-state index contributed by atoms with van der Waals surface area (Å²) in [5, 5.41) is 10.9. The minimum absolute atomic E-state index is 0.0603. The van der Waals surface area contributed by atoms with Gasteiger partial charge >= 0.3 is 5.97 Å². The predicted octanol–water partition coefficient (Wildman–Crippen LogP) is 6.87. The topological polar surface area (TPSA) is 85.2 Å². The molecule has 1 N–H and O–H groups in total. The first-order valence-corrected chi connectivity index (χ1v) is 12.8. The van der Waals surface area contributed by atoms with E-state index < -0.39 is 11.9 Å². The number of esters is 1. The van der Waals surface area contributed by atoms with Crippen LogP contribution in [0.1, 0.15) is 28.4 Å². The van der Waals surface area contributed by atoms with E-state index >= 15 is 0 Å². The summed E-state index contributed by atoms with van der Waals surface area (Å²) in [6.07, 6.45) is 1.66. The van der Waals surface area contributed by atoms with Crippen LogP contribution < -0.4 is 4.74 Å². The zero-order valence-corrected chi connectivity index (χ0v) is 22.0. The molecule has 0 unspecified atom stereocenters. The number of hydrogen-bond donors (Lipinski definition) is 1. The summed E-state index contributed by atoms with van der Waals surface area (Å²) < 4.78 is 24.9. The average Bonchev–Trinajstić information content (AvgIpc) is 3.18. The second-order valence-electron chi connectivity index (χ2n) is 7.75. The monoisotopic (exact) mass is 581 g/mol. The van der Waals surface area contributed by atoms with Crippen molar-refractivity contribution in [1.82, 2.24) is 0 Å². The third-order valence-electron chi connectivity index (χ3n) is 5.13. The molecule has 6 nitrogen and oxygen atoms in total. The van der Waals surface area contributed by atoms with Crippen molar-refractivity contribution >= 4 is 50.7 Å². The molecule has 1 amide bonds. The van der Waals surface area contributed by atoms with Crippen LogP contribution in [0.5, 0.6) is 5.75 Å². The molecule has 4 rings (SSSR count). The molecule has 0 saturated carbocycles. The van der Waals surface area contributed by atoms with Crippen LogP contribution in [0.2, 0.25) is 0 Å². The highest BCUT2D eigenvalue weighted by Crippen LogP contribution is 2.40. The number of rotatable bonds is 7. The van der Waals surface area contributed by atoms with E-state index in [1.807, 2.05) is 0 Å². The van der Waals surface area contributed by atoms with Crippen LogP contribution in [0, 0.1) is 5.82 Å². The van der Waals surface area contributed by atoms with Crippen molar-refractivity contribution in [2.24, 2.45) is 4.99 Å². The van der Waals surface area contributed by atoms with E-state index in [1.54, 1.807) is 73.7 Å². The summed E-state index contributed by atoms with van der Waals surface area (Å²) in [5.41, 5.74) is 1.58. The lowest BCUT2D eigenvalue weighted by molar-refractivity contribution is -0.138. The van der Waals surface area contributed by atoms with E-state index in [0.717, 1.165) is 11.8 Å². The van der Waals surface area contributed by atoms with Crippen molar-refractivity contribution in [2.75, 3.05) is 6.61 Å². The van der Waals surface area contributed by atoms with E-state index in [2.05, 4.69) is 20.9 Å². The van der Waals surface area contributed by atoms with Crippen LogP contribution in [0.25, 0.3) is 6.08 Å². The molecule has 1 aliphatic rings. The number of benzene rings is 3. The van der Waals surface area contributed by atoms with Gasteiger partial charge in [-0.15, -0.1) is 0 Å². The molecule has 0 aliphatic carbocycles. The van der Waals surface area contributed by atoms with Crippen molar-refractivity contribution in [2.45, 2.75) is 13.5 Å². The molecule has 37 heavy (non-hydrogen) atoms. The number of halogens is 2. The lowest BCUT2D eigenvalue weighted by Crippen LogP contribution is -2.14. The minimum atomic E-state index is -0.766. The molecule has 0 spiro atoms. The van der Waals surface area contributed by atoms with Gasteiger partial charge in [0.1, 0.15) is 34.5 Å². The van der Waals surface area contributed by atoms with Gasteiger partial charge in [0.25, 0.3) is 5.91 Å². The molecule has 188 valence electrons. The Balaban J connectivity index is 1.58. The van der Waals surface area contributed by atoms with Gasteiger partial charge in [-0.3, -0.25) is 4.79 Å². The number of aliphatic hydroxyl groups excluding tert-OH is 1. The van der Waals surface area contributed by atoms with E-state index in [1.165, 1.54) is 12.1 Å². The summed E-state index contributed by atoms with van der Waals surface area (Å²) in [5.74, 6) is -1.40. The Morgan fingerprint density at radius 1 is 1.08 bits per heavy atom. The molecule has 0 radical (unpaired) electrons. The second kappa shape index (κ2) is 12.0. The molecule has 1 aliphatic heterocycles. The van der Waals surface area contributed by atoms with E-state index in [9.17, 15) is 19.1 Å². The fourth-order valence-corrected chi connectivity index (χ4v) is 4.92. The smallest absolute Gasteiger partial charge is 0.344 e. The van der Waals surface area contributed by atoms with Gasteiger partial charge in [-0.25, -0.2) is 14.2 Å². The highest BCUT2D eigenvalue weighted by molar-refractivity contribution is 9.10. The zero-order valence-electron chi connectivity index (χ0n) is 19.6. The van der Waals surface area contributed by atoms with Gasteiger partial charge < -0.3 is 14.6 Å². The fraction of sp³-hybridized carbons (Fsp3) is 0.107. The SMILES string of the molecule is CCOC(=O)C1=C(O)/C(=C/c2ccc(OCc3cccc(F)c3)c(Br)c2)SC1=NC(=O)c1ccccc1. The summed E-state index contributed by atoms with van der Waals surface area (Å²) in [6.45, 7) is 1.94. The van der Waals surface area contributed by atoms with Gasteiger partial charge in [0.05, 0.1) is 16.0 Å². The average molecular weight is 582 g/mol. The number of carbonyl (C=O) groups is 2. The Labute approximate surface area is 225 Å². The summed E-state index contributed by atoms with van der Waals surface area (Å²) >= 11 is 4.47. The molecule has 1 heterocycles. The maximum absolute atomic E-state index is 13.4. The molecular weight excluding hydrogens is 561 g/mol. The number of hydrogen-bond acceptors (Lipinski definition) is 6. The molecule has 0 bridgehead atoms. The third kappa shape index (κ3) is 6.55. The van der Waals surface area contributed by atoms with Crippen molar-refractivity contribution in [3.8, 4) is 5.75 Å². The first-order chi connectivity index (χ1) is 17.9. The Morgan fingerprint density at radius 2 is 1.86 bits per heavy atom. The first kappa shape index (κ1) is 26.4. The Morgan fingerprint density at radius 3 is 2.57 bits per heavy atom. The number of aliphatic imine (C=N–C) groups is 1. The molecule has 3 aromatic carbocycles. The Hall–Kier alpha value is -3.69. The van der Waals surface area contributed by atoms with Gasteiger partial charge in [-0.2, -0.15) is 0 Å². The standard InChI is InChI=1S/C28H21BrFNO5S/c1-2-35-28(34)24-25(32)23(37-27(24)31-26(33)19-8-4-3-5-9-19)15-17-11-12-22(21(29)14-17)36-16-18-7-6-10-20(30)13-18/h3-15,32H,2,16H2,1H3/b23-15-,31-27?. The zero-order chi connectivity index (χ0) is 26.4. The minimum Gasteiger partial charge on any atom is -0.506 e. The lowest BCUT2D eigenvalue weighted by Gasteiger charge is -2.09. The number of aliphatic hydroxyl groups is 1. The lowest BCUT2D eigenvalue weighted by atomic mass is 10.1. The Kier molecular flexibility index (Phi) is 8.58. The molecule has 0 saturated heterocycles. The number of carbonyl (C=O) groups excluding carboxylic acids is 2. The largest absolute Gasteiger partial charge is 0.506 e. The second-order valence-corrected chi connectivity index (χ2v) is 9.64. The van der Waals surface area contributed by atoms with Crippen LogP contribution in [-0.4, -0.2) is 28.6 Å². The van der Waals surface area contributed by atoms with Gasteiger partial charge in [0.15, 0.2) is 0 Å². The van der Waals surface area contributed by atoms with Crippen molar-refractivity contribution in [3.63, 3.8) is 0 Å². The summed E-state index contributed by atoms with van der Waals surface area (Å²) in [4.78, 5) is 29.6. The first-order valence-electron chi connectivity index (χ1n) is 11.2. The number of thioether (sulfide) groups is 1. The van der Waals surface area contributed by atoms with Crippen LogP contribution in [-0.2, 0) is 16.1 Å². The van der Waals surface area contributed by atoms with Crippen LogP contribution in [0.15, 0.2) is 98.5 Å². The van der Waals surface area contributed by atoms with Crippen LogP contribution in [0.4, 0.5) is 4.39 Å². The molecule has 9 heteroatoms. The highest BCUT2D eigenvalue weighted by Gasteiger charge is 2.34. The normalized spacial score (nSPS) is 15.3. The number of nitrogens with zero attached hydrogens (tertiary/aromatic N) is 1. The van der Waals surface area contributed by atoms with E-state index in [0.29, 0.717) is 31.8 Å². The molecule has 3 aromatic rings. The quantitative estimate of drug-likeness (QED) is 0.306.